The molecule has 0 bridgehead atoms. The maximum atomic E-state index is 4.80. The van der Waals surface area contributed by atoms with E-state index in [1.807, 2.05) is 7.05 Å². The van der Waals surface area contributed by atoms with E-state index in [1.165, 1.54) is 12.8 Å². The molecule has 1 saturated heterocycles. The van der Waals surface area contributed by atoms with Crippen LogP contribution in [0.3, 0.4) is 0 Å². The van der Waals surface area contributed by atoms with Gasteiger partial charge in [-0.15, -0.1) is 0 Å². The van der Waals surface area contributed by atoms with E-state index in [4.69, 9.17) is 4.98 Å². The number of nitrogens with zero attached hydrogens (tertiary/aromatic N) is 4. The van der Waals surface area contributed by atoms with Gasteiger partial charge in [0.15, 0.2) is 0 Å². The lowest BCUT2D eigenvalue weighted by Crippen LogP contribution is -2.38. The Hall–Kier alpha value is -1.36. The van der Waals surface area contributed by atoms with Gasteiger partial charge in [0.05, 0.1) is 0 Å². The molecule has 1 atom stereocenters. The molecule has 0 radical (unpaired) electrons. The van der Waals surface area contributed by atoms with Crippen molar-refractivity contribution in [2.24, 2.45) is 0 Å². The van der Waals surface area contributed by atoms with Gasteiger partial charge in [-0.05, 0) is 33.9 Å². The van der Waals surface area contributed by atoms with E-state index >= 15 is 0 Å². The molecule has 0 amide bonds. The van der Waals surface area contributed by atoms with E-state index in [2.05, 4.69) is 48.0 Å². The molecule has 1 aliphatic rings. The SMILES string of the molecule is CCc1nc(NC)c(C)c(N2CCCC2CN(C)C)n1. The first-order chi connectivity index (χ1) is 9.56. The van der Waals surface area contributed by atoms with Gasteiger partial charge in [0, 0.05) is 38.2 Å². The summed E-state index contributed by atoms with van der Waals surface area (Å²) in [5, 5.41) is 3.20. The maximum absolute atomic E-state index is 4.80. The zero-order valence-electron chi connectivity index (χ0n) is 13.4. The number of rotatable bonds is 5. The van der Waals surface area contributed by atoms with E-state index < -0.39 is 0 Å². The fourth-order valence-electron chi connectivity index (χ4n) is 2.96. The van der Waals surface area contributed by atoms with Crippen LogP contribution in [0.4, 0.5) is 11.6 Å². The predicted molar refractivity (Wildman–Crippen MR) is 84.6 cm³/mol. The van der Waals surface area contributed by atoms with Crippen LogP contribution < -0.4 is 10.2 Å². The molecule has 1 N–H and O–H groups in total. The lowest BCUT2D eigenvalue weighted by atomic mass is 10.2. The number of aromatic nitrogens is 2. The van der Waals surface area contributed by atoms with Crippen LogP contribution in [0.5, 0.6) is 0 Å². The summed E-state index contributed by atoms with van der Waals surface area (Å²) in [4.78, 5) is 14.1. The van der Waals surface area contributed by atoms with Gasteiger partial charge >= 0.3 is 0 Å². The summed E-state index contributed by atoms with van der Waals surface area (Å²) in [6.07, 6.45) is 3.37. The van der Waals surface area contributed by atoms with Crippen molar-refractivity contribution >= 4 is 11.6 Å². The Labute approximate surface area is 122 Å². The van der Waals surface area contributed by atoms with Crippen LogP contribution in [0.2, 0.25) is 0 Å². The number of hydrogen-bond donors (Lipinski definition) is 1. The highest BCUT2D eigenvalue weighted by molar-refractivity contribution is 5.59. The highest BCUT2D eigenvalue weighted by Crippen LogP contribution is 2.30. The van der Waals surface area contributed by atoms with Gasteiger partial charge in [0.2, 0.25) is 0 Å². The molecule has 1 fully saturated rings. The summed E-state index contributed by atoms with van der Waals surface area (Å²) in [6.45, 7) is 6.41. The molecule has 0 aliphatic carbocycles. The smallest absolute Gasteiger partial charge is 0.137 e. The van der Waals surface area contributed by atoms with E-state index in [9.17, 15) is 0 Å². The summed E-state index contributed by atoms with van der Waals surface area (Å²) in [6, 6.07) is 0.563. The number of aryl methyl sites for hydroxylation is 1. The average molecular weight is 277 g/mol. The molecule has 112 valence electrons. The standard InChI is InChI=1S/C15H27N5/c1-6-13-17-14(16-3)11(2)15(18-13)20-9-7-8-12(20)10-19(4)5/h12H,6-10H2,1-5H3,(H,16,17,18). The molecule has 2 rings (SSSR count). The van der Waals surface area contributed by atoms with Gasteiger partial charge in [0.1, 0.15) is 17.5 Å². The monoisotopic (exact) mass is 277 g/mol. The quantitative estimate of drug-likeness (QED) is 0.891. The number of likely N-dealkylation sites (N-methyl/N-ethyl adjacent to an activating group) is 1. The van der Waals surface area contributed by atoms with Crippen LogP contribution in [0, 0.1) is 6.92 Å². The molecule has 0 spiro atoms. The minimum absolute atomic E-state index is 0.563. The predicted octanol–water partition coefficient (Wildman–Crippen LogP) is 1.92. The summed E-state index contributed by atoms with van der Waals surface area (Å²) in [5.74, 6) is 3.00. The Morgan fingerprint density at radius 3 is 2.70 bits per heavy atom. The number of nitrogens with one attached hydrogen (secondary N) is 1. The minimum atomic E-state index is 0.563. The molecule has 0 aromatic carbocycles. The van der Waals surface area contributed by atoms with Crippen molar-refractivity contribution in [3.8, 4) is 0 Å². The number of hydrogen-bond acceptors (Lipinski definition) is 5. The van der Waals surface area contributed by atoms with E-state index in [-0.39, 0.29) is 0 Å². The normalized spacial score (nSPS) is 18.9. The zero-order valence-corrected chi connectivity index (χ0v) is 13.4. The summed E-state index contributed by atoms with van der Waals surface area (Å²) >= 11 is 0. The van der Waals surface area contributed by atoms with Crippen LogP contribution >= 0.6 is 0 Å². The molecule has 0 saturated carbocycles. The van der Waals surface area contributed by atoms with E-state index in [0.29, 0.717) is 6.04 Å². The lowest BCUT2D eigenvalue weighted by Gasteiger charge is -2.30. The van der Waals surface area contributed by atoms with Crippen molar-refractivity contribution in [1.82, 2.24) is 14.9 Å². The Kier molecular flexibility index (Phi) is 4.81. The third-order valence-corrected chi connectivity index (χ3v) is 3.94. The van der Waals surface area contributed by atoms with Crippen LogP contribution in [0.15, 0.2) is 0 Å². The molecule has 20 heavy (non-hydrogen) atoms. The Morgan fingerprint density at radius 1 is 1.35 bits per heavy atom. The van der Waals surface area contributed by atoms with Crippen molar-refractivity contribution in [3.63, 3.8) is 0 Å². The van der Waals surface area contributed by atoms with Gasteiger partial charge in [-0.2, -0.15) is 0 Å². The summed E-state index contributed by atoms with van der Waals surface area (Å²) in [5.41, 5.74) is 1.16. The zero-order chi connectivity index (χ0) is 14.7. The van der Waals surface area contributed by atoms with Crippen molar-refractivity contribution in [3.05, 3.63) is 11.4 Å². The minimum Gasteiger partial charge on any atom is -0.373 e. The van der Waals surface area contributed by atoms with Crippen LogP contribution in [0.1, 0.15) is 31.2 Å². The molecular weight excluding hydrogens is 250 g/mol. The van der Waals surface area contributed by atoms with E-state index in [0.717, 1.165) is 42.5 Å². The number of anilines is 2. The van der Waals surface area contributed by atoms with Crippen LogP contribution in [-0.2, 0) is 6.42 Å². The Bertz CT molecular complexity index is 458. The lowest BCUT2D eigenvalue weighted by molar-refractivity contribution is 0.371. The molecule has 5 heteroatoms. The fraction of sp³-hybridized carbons (Fsp3) is 0.733. The maximum Gasteiger partial charge on any atom is 0.137 e. The Balaban J connectivity index is 2.35. The highest BCUT2D eigenvalue weighted by atomic mass is 15.3. The largest absolute Gasteiger partial charge is 0.373 e. The first-order valence-corrected chi connectivity index (χ1v) is 7.53. The molecule has 2 heterocycles. The first kappa shape index (κ1) is 15.0. The summed E-state index contributed by atoms with van der Waals surface area (Å²) < 4.78 is 0. The van der Waals surface area contributed by atoms with Crippen LogP contribution in [0.25, 0.3) is 0 Å². The first-order valence-electron chi connectivity index (χ1n) is 7.53. The molecular formula is C15H27N5. The third-order valence-electron chi connectivity index (χ3n) is 3.94. The molecule has 1 aromatic heterocycles. The second-order valence-electron chi connectivity index (χ2n) is 5.79. The summed E-state index contributed by atoms with van der Waals surface area (Å²) in [7, 11) is 6.21. The van der Waals surface area contributed by atoms with Gasteiger partial charge < -0.3 is 15.1 Å². The van der Waals surface area contributed by atoms with Gasteiger partial charge in [-0.25, -0.2) is 9.97 Å². The van der Waals surface area contributed by atoms with Gasteiger partial charge in [-0.3, -0.25) is 0 Å². The van der Waals surface area contributed by atoms with Crippen LogP contribution in [-0.4, -0.2) is 55.1 Å². The van der Waals surface area contributed by atoms with Crippen molar-refractivity contribution < 1.29 is 0 Å². The van der Waals surface area contributed by atoms with Gasteiger partial charge in [-0.1, -0.05) is 6.92 Å². The fourth-order valence-corrected chi connectivity index (χ4v) is 2.96. The molecule has 1 unspecified atom stereocenters. The average Bonchev–Trinajstić information content (AvgIpc) is 2.86. The van der Waals surface area contributed by atoms with Crippen molar-refractivity contribution in [2.45, 2.75) is 39.2 Å². The van der Waals surface area contributed by atoms with Crippen molar-refractivity contribution in [2.75, 3.05) is 44.4 Å². The highest BCUT2D eigenvalue weighted by Gasteiger charge is 2.28. The molecule has 1 aliphatic heterocycles. The van der Waals surface area contributed by atoms with Gasteiger partial charge in [0.25, 0.3) is 0 Å². The second kappa shape index (κ2) is 6.39. The second-order valence-corrected chi connectivity index (χ2v) is 5.79. The topological polar surface area (TPSA) is 44.3 Å². The van der Waals surface area contributed by atoms with E-state index in [1.54, 1.807) is 0 Å². The third kappa shape index (κ3) is 3.03. The van der Waals surface area contributed by atoms with Crippen molar-refractivity contribution in [1.29, 1.82) is 0 Å². The molecule has 5 nitrogen and oxygen atoms in total. The Morgan fingerprint density at radius 2 is 2.10 bits per heavy atom. The molecule has 1 aromatic rings.